The Kier molecular flexibility index (Phi) is 5.54. The molecule has 2 atom stereocenters. The van der Waals surface area contributed by atoms with Crippen LogP contribution in [0.3, 0.4) is 0 Å². The van der Waals surface area contributed by atoms with E-state index in [1.807, 2.05) is 19.1 Å². The number of carbonyl (C=O) groups excluding carboxylic acids is 1. The summed E-state index contributed by atoms with van der Waals surface area (Å²) in [6, 6.07) is 0. The maximum atomic E-state index is 11.2. The fourth-order valence-corrected chi connectivity index (χ4v) is 3.81. The molecule has 0 N–H and O–H groups in total. The van der Waals surface area contributed by atoms with E-state index in [2.05, 4.69) is 44.6 Å². The second-order valence-electron chi connectivity index (χ2n) is 7.77. The van der Waals surface area contributed by atoms with Crippen LogP contribution in [-0.2, 0) is 14.3 Å². The molecule has 0 spiro atoms. The Morgan fingerprint density at radius 3 is 2.62 bits per heavy atom. The van der Waals surface area contributed by atoms with E-state index in [-0.39, 0.29) is 23.1 Å². The summed E-state index contributed by atoms with van der Waals surface area (Å²) in [6.45, 7) is 10.8. The number of ether oxygens (including phenoxy) is 2. The van der Waals surface area contributed by atoms with E-state index in [0.29, 0.717) is 0 Å². The predicted molar refractivity (Wildman–Crippen MR) is 97.7 cm³/mol. The molecular weight excluding hydrogens is 300 g/mol. The van der Waals surface area contributed by atoms with Crippen molar-refractivity contribution in [3.05, 3.63) is 47.1 Å². The van der Waals surface area contributed by atoms with Crippen molar-refractivity contribution in [2.75, 3.05) is 7.11 Å². The van der Waals surface area contributed by atoms with Gasteiger partial charge in [-0.15, -0.1) is 0 Å². The molecule has 132 valence electrons. The Morgan fingerprint density at radius 1 is 1.29 bits per heavy atom. The number of allylic oxidation sites excluding steroid dienone is 4. The molecule has 3 heteroatoms. The van der Waals surface area contributed by atoms with Gasteiger partial charge in [-0.05, 0) is 68.2 Å². The van der Waals surface area contributed by atoms with Gasteiger partial charge < -0.3 is 9.47 Å². The number of fused-ring (bicyclic) bond motifs is 1. The third-order valence-corrected chi connectivity index (χ3v) is 5.17. The summed E-state index contributed by atoms with van der Waals surface area (Å²) in [5.41, 5.74) is 3.59. The second-order valence-corrected chi connectivity index (χ2v) is 7.77. The predicted octanol–water partition coefficient (Wildman–Crippen LogP) is 4.90. The molecule has 1 saturated carbocycles. The first kappa shape index (κ1) is 18.7. The lowest BCUT2D eigenvalue weighted by Crippen LogP contribution is -2.39. The molecule has 1 fully saturated rings. The molecule has 1 aliphatic heterocycles. The maximum Gasteiger partial charge on any atom is 0.330 e. The van der Waals surface area contributed by atoms with Crippen LogP contribution in [0.15, 0.2) is 47.1 Å². The summed E-state index contributed by atoms with van der Waals surface area (Å²) in [5, 5.41) is 0. The summed E-state index contributed by atoms with van der Waals surface area (Å²) in [5.74, 6) is -0.332. The molecule has 1 heterocycles. The smallest absolute Gasteiger partial charge is 0.330 e. The lowest BCUT2D eigenvalue weighted by atomic mass is 9.67. The monoisotopic (exact) mass is 330 g/mol. The van der Waals surface area contributed by atoms with Crippen LogP contribution in [0.4, 0.5) is 0 Å². The molecule has 2 aliphatic rings. The average molecular weight is 330 g/mol. The van der Waals surface area contributed by atoms with Crippen molar-refractivity contribution in [1.82, 2.24) is 0 Å². The summed E-state index contributed by atoms with van der Waals surface area (Å²) >= 11 is 0. The molecule has 0 amide bonds. The first-order valence-electron chi connectivity index (χ1n) is 8.70. The van der Waals surface area contributed by atoms with Gasteiger partial charge in [0.05, 0.1) is 18.8 Å². The molecule has 2 rings (SSSR count). The minimum absolute atomic E-state index is 0.0388. The Balaban J connectivity index is 2.11. The lowest BCUT2D eigenvalue weighted by molar-refractivity contribution is -0.134. The topological polar surface area (TPSA) is 35.5 Å². The normalized spacial score (nSPS) is 30.2. The van der Waals surface area contributed by atoms with Crippen LogP contribution >= 0.6 is 0 Å². The number of esters is 1. The summed E-state index contributed by atoms with van der Waals surface area (Å²) in [6.07, 6.45) is 13.3. The number of hydrogen-bond donors (Lipinski definition) is 0. The summed E-state index contributed by atoms with van der Waals surface area (Å²) in [4.78, 5) is 11.2. The van der Waals surface area contributed by atoms with Crippen molar-refractivity contribution >= 4 is 5.97 Å². The second kappa shape index (κ2) is 7.10. The Bertz CT molecular complexity index is 619. The van der Waals surface area contributed by atoms with Crippen LogP contribution in [0, 0.1) is 5.41 Å². The molecule has 1 aliphatic carbocycles. The highest BCUT2D eigenvalue weighted by Crippen LogP contribution is 2.51. The quantitative estimate of drug-likeness (QED) is 0.318. The molecule has 0 aromatic heterocycles. The first-order valence-corrected chi connectivity index (χ1v) is 8.70. The van der Waals surface area contributed by atoms with Crippen molar-refractivity contribution in [2.24, 2.45) is 5.41 Å². The first-order chi connectivity index (χ1) is 11.2. The zero-order valence-corrected chi connectivity index (χ0v) is 15.8. The molecule has 0 aromatic carbocycles. The van der Waals surface area contributed by atoms with Gasteiger partial charge in [0.1, 0.15) is 0 Å². The third-order valence-electron chi connectivity index (χ3n) is 5.17. The van der Waals surface area contributed by atoms with Crippen molar-refractivity contribution in [1.29, 1.82) is 0 Å². The summed E-state index contributed by atoms with van der Waals surface area (Å²) in [7, 11) is 1.38. The third kappa shape index (κ3) is 4.07. The molecule has 24 heavy (non-hydrogen) atoms. The highest BCUT2D eigenvalue weighted by molar-refractivity contribution is 5.83. The van der Waals surface area contributed by atoms with Gasteiger partial charge in [-0.3, -0.25) is 0 Å². The van der Waals surface area contributed by atoms with E-state index in [1.165, 1.54) is 37.2 Å². The number of hydrogen-bond acceptors (Lipinski definition) is 3. The van der Waals surface area contributed by atoms with Crippen LogP contribution in [0.2, 0.25) is 0 Å². The largest absolute Gasteiger partial charge is 0.466 e. The highest BCUT2D eigenvalue weighted by Gasteiger charge is 2.47. The minimum Gasteiger partial charge on any atom is -0.466 e. The van der Waals surface area contributed by atoms with Crippen molar-refractivity contribution < 1.29 is 14.3 Å². The van der Waals surface area contributed by atoms with E-state index in [1.54, 1.807) is 0 Å². The van der Waals surface area contributed by atoms with E-state index in [9.17, 15) is 4.79 Å². The fourth-order valence-electron chi connectivity index (χ4n) is 3.81. The van der Waals surface area contributed by atoms with Crippen LogP contribution in [-0.4, -0.2) is 24.8 Å². The molecule has 0 bridgehead atoms. The number of carbonyl (C=O) groups is 1. The minimum atomic E-state index is -0.332. The van der Waals surface area contributed by atoms with E-state index in [0.717, 1.165) is 12.0 Å². The zero-order valence-electron chi connectivity index (χ0n) is 15.8. The van der Waals surface area contributed by atoms with E-state index in [4.69, 9.17) is 4.74 Å². The van der Waals surface area contributed by atoms with Crippen molar-refractivity contribution in [3.63, 3.8) is 0 Å². The van der Waals surface area contributed by atoms with E-state index < -0.39 is 0 Å². The number of methoxy groups -OCH3 is 1. The van der Waals surface area contributed by atoms with Crippen LogP contribution in [0.25, 0.3) is 0 Å². The van der Waals surface area contributed by atoms with Gasteiger partial charge in [-0.1, -0.05) is 32.1 Å². The van der Waals surface area contributed by atoms with Crippen LogP contribution in [0.5, 0.6) is 0 Å². The average Bonchev–Trinajstić information content (AvgIpc) is 2.86. The highest BCUT2D eigenvalue weighted by atomic mass is 16.5. The van der Waals surface area contributed by atoms with Crippen molar-refractivity contribution in [3.8, 4) is 0 Å². The van der Waals surface area contributed by atoms with Gasteiger partial charge in [0.15, 0.2) is 0 Å². The molecule has 2 unspecified atom stereocenters. The number of rotatable bonds is 4. The zero-order chi connectivity index (χ0) is 18.0. The molecule has 0 aromatic rings. The molecule has 3 nitrogen and oxygen atoms in total. The van der Waals surface area contributed by atoms with Crippen LogP contribution < -0.4 is 0 Å². The standard InChI is InChI=1S/C21H30O3/c1-15(13-19(22)23-6)9-7-10-16(2)17-14-18-20(3,4)11-8-12-21(18,5)24-17/h7,9-10,13-14,17H,8,11-12H2,1-6H3/b9-7+,15-13+,16-10+. The van der Waals surface area contributed by atoms with Crippen LogP contribution in [0.1, 0.15) is 53.9 Å². The molecule has 0 radical (unpaired) electrons. The summed E-state index contributed by atoms with van der Waals surface area (Å²) < 4.78 is 11.0. The SMILES string of the molecule is COC(=O)/C=C(C)/C=C/C=C(\C)C1C=C2C(C)(C)CCCC2(C)O1. The van der Waals surface area contributed by atoms with E-state index >= 15 is 0 Å². The fraction of sp³-hybridized carbons (Fsp3) is 0.571. The van der Waals surface area contributed by atoms with Crippen molar-refractivity contribution in [2.45, 2.75) is 65.6 Å². The molecular formula is C21H30O3. The molecule has 0 saturated heterocycles. The Morgan fingerprint density at radius 2 is 2.00 bits per heavy atom. The lowest BCUT2D eigenvalue weighted by Gasteiger charge is -2.42. The van der Waals surface area contributed by atoms with Gasteiger partial charge in [0.2, 0.25) is 0 Å². The van der Waals surface area contributed by atoms with Gasteiger partial charge in [-0.25, -0.2) is 4.79 Å². The van der Waals surface area contributed by atoms with Gasteiger partial charge in [-0.2, -0.15) is 0 Å². The Labute approximate surface area is 146 Å². The van der Waals surface area contributed by atoms with Gasteiger partial charge >= 0.3 is 5.97 Å². The Hall–Kier alpha value is -1.61. The van der Waals surface area contributed by atoms with Gasteiger partial charge in [0.25, 0.3) is 0 Å². The van der Waals surface area contributed by atoms with Gasteiger partial charge in [0, 0.05) is 6.08 Å². The maximum absolute atomic E-state index is 11.2.